The maximum Gasteiger partial charge on any atom is 0.243 e. The molecule has 0 amide bonds. The van der Waals surface area contributed by atoms with Crippen molar-refractivity contribution < 1.29 is 8.42 Å². The van der Waals surface area contributed by atoms with Crippen molar-refractivity contribution >= 4 is 10.0 Å². The molecule has 102 valence electrons. The van der Waals surface area contributed by atoms with Gasteiger partial charge in [0.15, 0.2) is 0 Å². The summed E-state index contributed by atoms with van der Waals surface area (Å²) < 4.78 is 28.2. The largest absolute Gasteiger partial charge is 0.299 e. The lowest BCUT2D eigenvalue weighted by molar-refractivity contribution is 0.268. The third-order valence-corrected chi connectivity index (χ3v) is 4.78. The highest BCUT2D eigenvalue weighted by molar-refractivity contribution is 7.89. The number of aryl methyl sites for hydroxylation is 1. The van der Waals surface area contributed by atoms with Crippen LogP contribution in [-0.2, 0) is 17.1 Å². The molecule has 0 saturated carbocycles. The van der Waals surface area contributed by atoms with E-state index in [2.05, 4.69) is 21.6 Å². The van der Waals surface area contributed by atoms with Gasteiger partial charge in [-0.15, -0.1) is 0 Å². The lowest BCUT2D eigenvalue weighted by Crippen LogP contribution is -2.39. The van der Waals surface area contributed by atoms with Crippen molar-refractivity contribution in [3.05, 3.63) is 12.4 Å². The molecule has 7 heteroatoms. The van der Waals surface area contributed by atoms with Gasteiger partial charge in [-0.05, 0) is 25.9 Å². The maximum atomic E-state index is 12.0. The van der Waals surface area contributed by atoms with Gasteiger partial charge in [-0.1, -0.05) is 6.92 Å². The fraction of sp³-hybridized carbons (Fsp3) is 0.727. The standard InChI is InChI=1S/C11H20N4O2S/c1-3-15-6-4-5-10(15)7-13-18(16,17)11-8-12-14(2)9-11/h8-10,13H,3-7H2,1-2H3/t10-/m1/s1. The summed E-state index contributed by atoms with van der Waals surface area (Å²) in [5, 5.41) is 3.88. The lowest BCUT2D eigenvalue weighted by atomic mass is 10.2. The number of likely N-dealkylation sites (tertiary alicyclic amines) is 1. The number of nitrogens with zero attached hydrogens (tertiary/aromatic N) is 3. The Labute approximate surface area is 108 Å². The molecule has 0 aromatic carbocycles. The second kappa shape index (κ2) is 5.38. The van der Waals surface area contributed by atoms with Crippen molar-refractivity contribution in [3.63, 3.8) is 0 Å². The van der Waals surface area contributed by atoms with Gasteiger partial charge in [0.05, 0.1) is 6.20 Å². The van der Waals surface area contributed by atoms with E-state index in [9.17, 15) is 8.42 Å². The number of rotatable bonds is 5. The second-order valence-electron chi connectivity index (χ2n) is 4.63. The third kappa shape index (κ3) is 2.90. The fourth-order valence-corrected chi connectivity index (χ4v) is 3.43. The Morgan fingerprint density at radius 2 is 2.33 bits per heavy atom. The van der Waals surface area contributed by atoms with Crippen LogP contribution >= 0.6 is 0 Å². The number of nitrogens with one attached hydrogen (secondary N) is 1. The summed E-state index contributed by atoms with van der Waals surface area (Å²) in [7, 11) is -1.72. The van der Waals surface area contributed by atoms with Crippen molar-refractivity contribution in [2.24, 2.45) is 7.05 Å². The molecule has 1 aromatic heterocycles. The van der Waals surface area contributed by atoms with Crippen LogP contribution in [0.15, 0.2) is 17.3 Å². The Hall–Kier alpha value is -0.920. The van der Waals surface area contributed by atoms with Gasteiger partial charge in [0.2, 0.25) is 10.0 Å². The van der Waals surface area contributed by atoms with Gasteiger partial charge in [0, 0.05) is 25.8 Å². The first-order chi connectivity index (χ1) is 8.53. The summed E-state index contributed by atoms with van der Waals surface area (Å²) in [5.74, 6) is 0. The van der Waals surface area contributed by atoms with E-state index in [1.165, 1.54) is 17.1 Å². The van der Waals surface area contributed by atoms with Crippen molar-refractivity contribution in [3.8, 4) is 0 Å². The Morgan fingerprint density at radius 3 is 2.94 bits per heavy atom. The van der Waals surface area contributed by atoms with E-state index < -0.39 is 10.0 Å². The van der Waals surface area contributed by atoms with Crippen LogP contribution in [-0.4, -0.2) is 48.8 Å². The molecular weight excluding hydrogens is 252 g/mol. The Kier molecular flexibility index (Phi) is 4.04. The van der Waals surface area contributed by atoms with Crippen molar-refractivity contribution in [1.29, 1.82) is 0 Å². The molecule has 1 fully saturated rings. The smallest absolute Gasteiger partial charge is 0.243 e. The van der Waals surface area contributed by atoms with Gasteiger partial charge in [0.1, 0.15) is 4.90 Å². The van der Waals surface area contributed by atoms with Gasteiger partial charge < -0.3 is 0 Å². The zero-order valence-electron chi connectivity index (χ0n) is 10.8. The van der Waals surface area contributed by atoms with Crippen LogP contribution in [0.1, 0.15) is 19.8 Å². The van der Waals surface area contributed by atoms with Crippen LogP contribution in [0.5, 0.6) is 0 Å². The lowest BCUT2D eigenvalue weighted by Gasteiger charge is -2.22. The van der Waals surface area contributed by atoms with E-state index >= 15 is 0 Å². The molecule has 1 aliphatic rings. The van der Waals surface area contributed by atoms with Gasteiger partial charge >= 0.3 is 0 Å². The molecule has 0 spiro atoms. The molecule has 18 heavy (non-hydrogen) atoms. The van der Waals surface area contributed by atoms with Crippen LogP contribution in [0.3, 0.4) is 0 Å². The number of aromatic nitrogens is 2. The Balaban J connectivity index is 1.97. The van der Waals surface area contributed by atoms with E-state index in [0.717, 1.165) is 25.9 Å². The first kappa shape index (κ1) is 13.5. The Bertz CT molecular complexity index is 497. The van der Waals surface area contributed by atoms with Crippen molar-refractivity contribution in [1.82, 2.24) is 19.4 Å². The minimum Gasteiger partial charge on any atom is -0.299 e. The molecule has 0 bridgehead atoms. The summed E-state index contributed by atoms with van der Waals surface area (Å²) in [6, 6.07) is 0.321. The average molecular weight is 272 g/mol. The van der Waals surface area contributed by atoms with E-state index in [0.29, 0.717) is 12.6 Å². The first-order valence-corrected chi connectivity index (χ1v) is 7.73. The number of hydrogen-bond donors (Lipinski definition) is 1. The predicted molar refractivity (Wildman–Crippen MR) is 68.7 cm³/mol. The molecule has 0 aliphatic carbocycles. The highest BCUT2D eigenvalue weighted by Crippen LogP contribution is 2.16. The van der Waals surface area contributed by atoms with Crippen molar-refractivity contribution in [2.45, 2.75) is 30.7 Å². The molecule has 1 aliphatic heterocycles. The minimum atomic E-state index is -3.42. The zero-order valence-corrected chi connectivity index (χ0v) is 11.7. The van der Waals surface area contributed by atoms with Crippen molar-refractivity contribution in [2.75, 3.05) is 19.6 Å². The Morgan fingerprint density at radius 1 is 1.56 bits per heavy atom. The van der Waals surface area contributed by atoms with E-state index in [4.69, 9.17) is 0 Å². The molecule has 0 radical (unpaired) electrons. The number of likely N-dealkylation sites (N-methyl/N-ethyl adjacent to an activating group) is 1. The summed E-state index contributed by atoms with van der Waals surface area (Å²) in [6.45, 7) is 4.62. The van der Waals surface area contributed by atoms with Crippen LogP contribution in [0.2, 0.25) is 0 Å². The molecule has 1 atom stereocenters. The van der Waals surface area contributed by atoms with E-state index in [-0.39, 0.29) is 4.90 Å². The molecule has 6 nitrogen and oxygen atoms in total. The number of hydrogen-bond acceptors (Lipinski definition) is 4. The van der Waals surface area contributed by atoms with Crippen LogP contribution < -0.4 is 4.72 Å². The predicted octanol–water partition coefficient (Wildman–Crippen LogP) is 0.183. The molecule has 1 saturated heterocycles. The van der Waals surface area contributed by atoms with E-state index in [1.807, 2.05) is 0 Å². The second-order valence-corrected chi connectivity index (χ2v) is 6.39. The molecular formula is C11H20N4O2S. The minimum absolute atomic E-state index is 0.228. The highest BCUT2D eigenvalue weighted by Gasteiger charge is 2.25. The number of sulfonamides is 1. The summed E-state index contributed by atoms with van der Waals surface area (Å²) in [4.78, 5) is 2.54. The molecule has 0 unspecified atom stereocenters. The van der Waals surface area contributed by atoms with Gasteiger partial charge in [-0.2, -0.15) is 5.10 Å². The quantitative estimate of drug-likeness (QED) is 0.830. The monoisotopic (exact) mass is 272 g/mol. The summed E-state index contributed by atoms with van der Waals surface area (Å²) in [6.07, 6.45) is 5.08. The molecule has 1 aromatic rings. The van der Waals surface area contributed by atoms with Crippen LogP contribution in [0, 0.1) is 0 Å². The highest BCUT2D eigenvalue weighted by atomic mass is 32.2. The summed E-state index contributed by atoms with van der Waals surface area (Å²) >= 11 is 0. The van der Waals surface area contributed by atoms with Crippen LogP contribution in [0.25, 0.3) is 0 Å². The molecule has 2 heterocycles. The first-order valence-electron chi connectivity index (χ1n) is 6.25. The molecule has 2 rings (SSSR count). The fourth-order valence-electron chi connectivity index (χ4n) is 2.37. The molecule has 1 N–H and O–H groups in total. The van der Waals surface area contributed by atoms with Gasteiger partial charge in [-0.3, -0.25) is 9.58 Å². The SMILES string of the molecule is CCN1CCC[C@@H]1CNS(=O)(=O)c1cnn(C)c1. The van der Waals surface area contributed by atoms with Gasteiger partial charge in [-0.25, -0.2) is 13.1 Å². The van der Waals surface area contributed by atoms with Gasteiger partial charge in [0.25, 0.3) is 0 Å². The normalized spacial score (nSPS) is 21.6. The third-order valence-electron chi connectivity index (χ3n) is 3.41. The zero-order chi connectivity index (χ0) is 13.2. The van der Waals surface area contributed by atoms with Crippen LogP contribution in [0.4, 0.5) is 0 Å². The van der Waals surface area contributed by atoms with E-state index in [1.54, 1.807) is 7.05 Å². The average Bonchev–Trinajstić information content (AvgIpc) is 2.94. The summed E-state index contributed by atoms with van der Waals surface area (Å²) in [5.41, 5.74) is 0. The topological polar surface area (TPSA) is 67.2 Å². The maximum absolute atomic E-state index is 12.0.